The van der Waals surface area contributed by atoms with Crippen molar-refractivity contribution in [3.8, 4) is 0 Å². The molecule has 0 radical (unpaired) electrons. The van der Waals surface area contributed by atoms with Crippen molar-refractivity contribution in [3.05, 3.63) is 52.4 Å². The molecule has 5 nitrogen and oxygen atoms in total. The molecule has 0 aliphatic rings. The average molecular weight is 337 g/mol. The molecule has 0 aliphatic heterocycles. The summed E-state index contributed by atoms with van der Waals surface area (Å²) in [6.45, 7) is 2.03. The number of carbonyl (C=O) groups is 2. The molecule has 0 bridgehead atoms. The lowest BCUT2D eigenvalue weighted by atomic mass is 10.2. The van der Waals surface area contributed by atoms with Gasteiger partial charge in [-0.15, -0.1) is 0 Å². The quantitative estimate of drug-likeness (QED) is 0.846. The van der Waals surface area contributed by atoms with Gasteiger partial charge >= 0.3 is 11.8 Å². The highest BCUT2D eigenvalue weighted by molar-refractivity contribution is 9.10. The largest absolute Gasteiger partial charge is 0.467 e. The molecular formula is C14H13BrN2O3. The number of rotatable bonds is 3. The van der Waals surface area contributed by atoms with Gasteiger partial charge in [0, 0.05) is 10.2 Å². The molecule has 20 heavy (non-hydrogen) atoms. The molecule has 2 rings (SSSR count). The standard InChI is InChI=1S/C14H13BrN2O3/c1-9-7-10(15)4-5-12(9)17-14(19)13(18)16-8-11-3-2-6-20-11/h2-7H,8H2,1H3,(H,16,18)(H,17,19). The fourth-order valence-corrected chi connectivity index (χ4v) is 2.08. The number of benzene rings is 1. The maximum absolute atomic E-state index is 11.7. The summed E-state index contributed by atoms with van der Waals surface area (Å²) in [7, 11) is 0. The molecule has 1 heterocycles. The zero-order chi connectivity index (χ0) is 14.5. The average Bonchev–Trinajstić information content (AvgIpc) is 2.92. The Bertz CT molecular complexity index is 623. The van der Waals surface area contributed by atoms with Crippen LogP contribution in [0.3, 0.4) is 0 Å². The number of anilines is 1. The summed E-state index contributed by atoms with van der Waals surface area (Å²) in [5, 5.41) is 5.05. The van der Waals surface area contributed by atoms with E-state index < -0.39 is 11.8 Å². The first-order valence-electron chi connectivity index (χ1n) is 5.94. The molecule has 104 valence electrons. The summed E-state index contributed by atoms with van der Waals surface area (Å²) in [6, 6.07) is 8.82. The van der Waals surface area contributed by atoms with Crippen LogP contribution in [0, 0.1) is 6.92 Å². The third-order valence-corrected chi connectivity index (χ3v) is 3.14. The van der Waals surface area contributed by atoms with Gasteiger partial charge in [0.15, 0.2) is 0 Å². The molecule has 1 aromatic carbocycles. The summed E-state index contributed by atoms with van der Waals surface area (Å²) in [5.74, 6) is -0.823. The second-order valence-electron chi connectivity index (χ2n) is 4.18. The maximum atomic E-state index is 11.7. The van der Waals surface area contributed by atoms with E-state index in [9.17, 15) is 9.59 Å². The van der Waals surface area contributed by atoms with E-state index in [1.807, 2.05) is 13.0 Å². The number of furan rings is 1. The molecule has 2 aromatic rings. The van der Waals surface area contributed by atoms with Crippen molar-refractivity contribution in [2.24, 2.45) is 0 Å². The van der Waals surface area contributed by atoms with E-state index in [0.717, 1.165) is 10.0 Å². The van der Waals surface area contributed by atoms with Gasteiger partial charge < -0.3 is 15.1 Å². The van der Waals surface area contributed by atoms with Crippen molar-refractivity contribution in [3.63, 3.8) is 0 Å². The first-order chi connectivity index (χ1) is 9.56. The Kier molecular flexibility index (Phi) is 4.57. The summed E-state index contributed by atoms with van der Waals surface area (Å²) in [5.41, 5.74) is 1.47. The first kappa shape index (κ1) is 14.3. The smallest absolute Gasteiger partial charge is 0.313 e. The molecule has 0 fully saturated rings. The molecule has 0 atom stereocenters. The highest BCUT2D eigenvalue weighted by Gasteiger charge is 2.14. The van der Waals surface area contributed by atoms with Crippen LogP contribution in [0.4, 0.5) is 5.69 Å². The lowest BCUT2D eigenvalue weighted by molar-refractivity contribution is -0.136. The van der Waals surface area contributed by atoms with E-state index >= 15 is 0 Å². The third kappa shape index (κ3) is 3.71. The van der Waals surface area contributed by atoms with Crippen molar-refractivity contribution in [1.29, 1.82) is 0 Å². The fourth-order valence-electron chi connectivity index (χ4n) is 1.61. The number of hydrogen-bond acceptors (Lipinski definition) is 3. The SMILES string of the molecule is Cc1cc(Br)ccc1NC(=O)C(=O)NCc1ccco1. The Morgan fingerprint density at radius 2 is 2.05 bits per heavy atom. The highest BCUT2D eigenvalue weighted by atomic mass is 79.9. The van der Waals surface area contributed by atoms with Crippen molar-refractivity contribution in [2.75, 3.05) is 5.32 Å². The van der Waals surface area contributed by atoms with E-state index in [1.54, 1.807) is 24.3 Å². The van der Waals surface area contributed by atoms with Gasteiger partial charge in [0.2, 0.25) is 0 Å². The lowest BCUT2D eigenvalue weighted by Gasteiger charge is -2.08. The third-order valence-electron chi connectivity index (χ3n) is 2.65. The van der Waals surface area contributed by atoms with Crippen LogP contribution in [0.15, 0.2) is 45.5 Å². The van der Waals surface area contributed by atoms with E-state index in [1.165, 1.54) is 6.26 Å². The second kappa shape index (κ2) is 6.38. The van der Waals surface area contributed by atoms with Crippen molar-refractivity contribution >= 4 is 33.4 Å². The topological polar surface area (TPSA) is 71.3 Å². The summed E-state index contributed by atoms with van der Waals surface area (Å²) in [4.78, 5) is 23.4. The zero-order valence-electron chi connectivity index (χ0n) is 10.8. The van der Waals surface area contributed by atoms with Crippen LogP contribution < -0.4 is 10.6 Å². The predicted molar refractivity (Wildman–Crippen MR) is 78.1 cm³/mol. The zero-order valence-corrected chi connectivity index (χ0v) is 12.4. The number of halogens is 1. The number of amides is 2. The van der Waals surface area contributed by atoms with Gasteiger partial charge in [0.25, 0.3) is 0 Å². The maximum Gasteiger partial charge on any atom is 0.313 e. The van der Waals surface area contributed by atoms with Crippen LogP contribution in [0.1, 0.15) is 11.3 Å². The van der Waals surface area contributed by atoms with Crippen LogP contribution in [0.25, 0.3) is 0 Å². The predicted octanol–water partition coefficient (Wildman–Crippen LogP) is 2.61. The van der Waals surface area contributed by atoms with Crippen molar-refractivity contribution < 1.29 is 14.0 Å². The monoisotopic (exact) mass is 336 g/mol. The molecule has 0 aliphatic carbocycles. The van der Waals surface area contributed by atoms with Gasteiger partial charge in [0.1, 0.15) is 5.76 Å². The van der Waals surface area contributed by atoms with E-state index in [2.05, 4.69) is 26.6 Å². The second-order valence-corrected chi connectivity index (χ2v) is 5.09. The highest BCUT2D eigenvalue weighted by Crippen LogP contribution is 2.19. The van der Waals surface area contributed by atoms with Crippen LogP contribution >= 0.6 is 15.9 Å². The van der Waals surface area contributed by atoms with E-state index in [4.69, 9.17) is 4.42 Å². The van der Waals surface area contributed by atoms with E-state index in [0.29, 0.717) is 11.4 Å². The number of aryl methyl sites for hydroxylation is 1. The molecule has 0 spiro atoms. The minimum Gasteiger partial charge on any atom is -0.467 e. The minimum atomic E-state index is -0.707. The number of hydrogen-bond donors (Lipinski definition) is 2. The van der Waals surface area contributed by atoms with Crippen LogP contribution in [0.2, 0.25) is 0 Å². The molecule has 0 saturated carbocycles. The molecule has 2 amide bonds. The molecule has 2 N–H and O–H groups in total. The fraction of sp³-hybridized carbons (Fsp3) is 0.143. The van der Waals surface area contributed by atoms with Gasteiger partial charge in [0.05, 0.1) is 12.8 Å². The van der Waals surface area contributed by atoms with Crippen molar-refractivity contribution in [1.82, 2.24) is 5.32 Å². The number of nitrogens with one attached hydrogen (secondary N) is 2. The Labute approximate surface area is 124 Å². The molecule has 6 heteroatoms. The van der Waals surface area contributed by atoms with Gasteiger partial charge in [-0.3, -0.25) is 9.59 Å². The Morgan fingerprint density at radius 1 is 1.25 bits per heavy atom. The van der Waals surface area contributed by atoms with E-state index in [-0.39, 0.29) is 6.54 Å². The van der Waals surface area contributed by atoms with Crippen LogP contribution in [-0.2, 0) is 16.1 Å². The van der Waals surface area contributed by atoms with Crippen molar-refractivity contribution in [2.45, 2.75) is 13.5 Å². The summed E-state index contributed by atoms with van der Waals surface area (Å²) < 4.78 is 5.97. The van der Waals surface area contributed by atoms with Gasteiger partial charge in [-0.05, 0) is 42.8 Å². The molecule has 1 aromatic heterocycles. The van der Waals surface area contributed by atoms with Gasteiger partial charge in [-0.2, -0.15) is 0 Å². The Balaban J connectivity index is 1.92. The summed E-state index contributed by atoms with van der Waals surface area (Å²) in [6.07, 6.45) is 1.51. The first-order valence-corrected chi connectivity index (χ1v) is 6.73. The minimum absolute atomic E-state index is 0.179. The summed E-state index contributed by atoms with van der Waals surface area (Å²) >= 11 is 3.34. The van der Waals surface area contributed by atoms with Gasteiger partial charge in [-0.1, -0.05) is 15.9 Å². The lowest BCUT2D eigenvalue weighted by Crippen LogP contribution is -2.35. The molecular weight excluding hydrogens is 324 g/mol. The van der Waals surface area contributed by atoms with Crippen LogP contribution in [0.5, 0.6) is 0 Å². The molecule has 0 unspecified atom stereocenters. The normalized spacial score (nSPS) is 10.1. The number of carbonyl (C=O) groups excluding carboxylic acids is 2. The Hall–Kier alpha value is -2.08. The van der Waals surface area contributed by atoms with Gasteiger partial charge in [-0.25, -0.2) is 0 Å². The molecule has 0 saturated heterocycles. The Morgan fingerprint density at radius 3 is 2.70 bits per heavy atom. The van der Waals surface area contributed by atoms with Crippen LogP contribution in [-0.4, -0.2) is 11.8 Å².